The lowest BCUT2D eigenvalue weighted by atomic mass is 9.94. The van der Waals surface area contributed by atoms with E-state index in [0.29, 0.717) is 12.4 Å². The van der Waals surface area contributed by atoms with E-state index in [4.69, 9.17) is 4.52 Å². The van der Waals surface area contributed by atoms with Gasteiger partial charge in [0.1, 0.15) is 0 Å². The van der Waals surface area contributed by atoms with Gasteiger partial charge in [-0.3, -0.25) is 0 Å². The molecule has 1 aromatic heterocycles. The highest BCUT2D eigenvalue weighted by atomic mass is 19.4. The first-order chi connectivity index (χ1) is 10.0. The maximum Gasteiger partial charge on any atom is 0.389 e. The summed E-state index contributed by atoms with van der Waals surface area (Å²) in [5.41, 5.74) is 2.22. The largest absolute Gasteiger partial charge is 0.389 e. The van der Waals surface area contributed by atoms with E-state index >= 15 is 0 Å². The number of rotatable bonds is 3. The normalized spacial score (nSPS) is 18.1. The van der Waals surface area contributed by atoms with Crippen LogP contribution in [-0.4, -0.2) is 22.9 Å². The maximum atomic E-state index is 12.2. The van der Waals surface area contributed by atoms with Gasteiger partial charge in [-0.25, -0.2) is 0 Å². The molecular formula is C14H14F3N3O. The monoisotopic (exact) mass is 297 g/mol. The summed E-state index contributed by atoms with van der Waals surface area (Å²) in [4.78, 5) is 4.09. The molecule has 4 nitrogen and oxygen atoms in total. The highest BCUT2D eigenvalue weighted by Gasteiger charge is 2.29. The number of para-hydroxylation sites is 1. The Hall–Kier alpha value is -2.05. The van der Waals surface area contributed by atoms with E-state index in [1.54, 1.807) is 0 Å². The Morgan fingerprint density at radius 3 is 2.90 bits per heavy atom. The number of nitrogens with zero attached hydrogens (tertiary/aromatic N) is 2. The molecule has 0 saturated heterocycles. The van der Waals surface area contributed by atoms with E-state index in [1.165, 1.54) is 0 Å². The summed E-state index contributed by atoms with van der Waals surface area (Å²) in [7, 11) is 0. The molecule has 0 aliphatic carbocycles. The van der Waals surface area contributed by atoms with Crippen molar-refractivity contribution in [1.29, 1.82) is 0 Å². The number of benzene rings is 1. The SMILES string of the molecule is FC(F)(F)CCc1noc(C2CNc3ccccc3C2)n1. The number of hydrogen-bond donors (Lipinski definition) is 1. The van der Waals surface area contributed by atoms with Gasteiger partial charge < -0.3 is 9.84 Å². The van der Waals surface area contributed by atoms with Gasteiger partial charge >= 0.3 is 6.18 Å². The van der Waals surface area contributed by atoms with Gasteiger partial charge in [-0.05, 0) is 18.1 Å². The molecule has 7 heteroatoms. The van der Waals surface area contributed by atoms with Crippen molar-refractivity contribution in [2.24, 2.45) is 0 Å². The molecule has 1 aromatic carbocycles. The topological polar surface area (TPSA) is 51.0 Å². The van der Waals surface area contributed by atoms with Gasteiger partial charge in [-0.1, -0.05) is 23.4 Å². The average Bonchev–Trinajstić information content (AvgIpc) is 2.93. The summed E-state index contributed by atoms with van der Waals surface area (Å²) < 4.78 is 41.6. The Bertz CT molecular complexity index is 624. The van der Waals surface area contributed by atoms with E-state index in [2.05, 4.69) is 15.5 Å². The van der Waals surface area contributed by atoms with Crippen molar-refractivity contribution in [3.05, 3.63) is 41.5 Å². The number of nitrogens with one attached hydrogen (secondary N) is 1. The van der Waals surface area contributed by atoms with Crippen molar-refractivity contribution in [2.75, 3.05) is 11.9 Å². The number of halogens is 3. The van der Waals surface area contributed by atoms with Gasteiger partial charge in [0, 0.05) is 18.7 Å². The second-order valence-electron chi connectivity index (χ2n) is 5.10. The second-order valence-corrected chi connectivity index (χ2v) is 5.10. The first kappa shape index (κ1) is 13.9. The quantitative estimate of drug-likeness (QED) is 0.944. The summed E-state index contributed by atoms with van der Waals surface area (Å²) >= 11 is 0. The summed E-state index contributed by atoms with van der Waals surface area (Å²) in [5, 5.41) is 6.91. The second kappa shape index (κ2) is 5.38. The molecule has 1 N–H and O–H groups in total. The summed E-state index contributed by atoms with van der Waals surface area (Å²) in [6, 6.07) is 7.91. The van der Waals surface area contributed by atoms with Crippen LogP contribution >= 0.6 is 0 Å². The van der Waals surface area contributed by atoms with Gasteiger partial charge in [0.15, 0.2) is 5.82 Å². The Morgan fingerprint density at radius 1 is 1.29 bits per heavy atom. The molecule has 112 valence electrons. The van der Waals surface area contributed by atoms with Crippen LogP contribution in [0.3, 0.4) is 0 Å². The number of alkyl halides is 3. The minimum Gasteiger partial charge on any atom is -0.384 e. The molecule has 3 rings (SSSR count). The minimum absolute atomic E-state index is 0.00737. The molecule has 1 unspecified atom stereocenters. The van der Waals surface area contributed by atoms with Gasteiger partial charge in [0.25, 0.3) is 0 Å². The third kappa shape index (κ3) is 3.34. The first-order valence-corrected chi connectivity index (χ1v) is 6.72. The van der Waals surface area contributed by atoms with E-state index in [9.17, 15) is 13.2 Å². The van der Waals surface area contributed by atoms with Crippen molar-refractivity contribution in [3.8, 4) is 0 Å². The van der Waals surface area contributed by atoms with Crippen LogP contribution in [0.2, 0.25) is 0 Å². The summed E-state index contributed by atoms with van der Waals surface area (Å²) in [6.07, 6.45) is -4.64. The Balaban J connectivity index is 1.67. The van der Waals surface area contributed by atoms with Crippen molar-refractivity contribution in [3.63, 3.8) is 0 Å². The predicted molar refractivity (Wildman–Crippen MR) is 70.1 cm³/mol. The van der Waals surface area contributed by atoms with Crippen LogP contribution in [0.25, 0.3) is 0 Å². The standard InChI is InChI=1S/C14H14F3N3O/c15-14(16,17)6-5-12-19-13(21-20-12)10-7-9-3-1-2-4-11(9)18-8-10/h1-4,10,18H,5-8H2. The molecule has 1 aliphatic rings. The molecule has 0 radical (unpaired) electrons. The zero-order valence-corrected chi connectivity index (χ0v) is 11.2. The van der Waals surface area contributed by atoms with Gasteiger partial charge in [0.2, 0.25) is 5.89 Å². The zero-order chi connectivity index (χ0) is 14.9. The van der Waals surface area contributed by atoms with Crippen LogP contribution in [-0.2, 0) is 12.8 Å². The van der Waals surface area contributed by atoms with Gasteiger partial charge in [0.05, 0.1) is 12.3 Å². The van der Waals surface area contributed by atoms with Crippen LogP contribution < -0.4 is 5.32 Å². The first-order valence-electron chi connectivity index (χ1n) is 6.72. The van der Waals surface area contributed by atoms with Crippen LogP contribution in [0.1, 0.15) is 29.6 Å². The fraction of sp³-hybridized carbons (Fsp3) is 0.429. The molecule has 2 aromatic rings. The van der Waals surface area contributed by atoms with Crippen LogP contribution in [0, 0.1) is 0 Å². The number of hydrogen-bond acceptors (Lipinski definition) is 4. The summed E-state index contributed by atoms with van der Waals surface area (Å²) in [6.45, 7) is 0.637. The zero-order valence-electron chi connectivity index (χ0n) is 11.2. The minimum atomic E-state index is -4.20. The average molecular weight is 297 g/mol. The number of fused-ring (bicyclic) bond motifs is 1. The fourth-order valence-electron chi connectivity index (χ4n) is 2.40. The Labute approximate surface area is 119 Å². The highest BCUT2D eigenvalue weighted by molar-refractivity contribution is 5.53. The fourth-order valence-corrected chi connectivity index (χ4v) is 2.40. The molecule has 0 spiro atoms. The van der Waals surface area contributed by atoms with Gasteiger partial charge in [-0.2, -0.15) is 18.2 Å². The van der Waals surface area contributed by atoms with Crippen LogP contribution in [0.5, 0.6) is 0 Å². The van der Waals surface area contributed by atoms with Crippen LogP contribution in [0.15, 0.2) is 28.8 Å². The van der Waals surface area contributed by atoms with Gasteiger partial charge in [-0.15, -0.1) is 0 Å². The lowest BCUT2D eigenvalue weighted by molar-refractivity contribution is -0.134. The van der Waals surface area contributed by atoms with Crippen molar-refractivity contribution in [2.45, 2.75) is 31.4 Å². The van der Waals surface area contributed by atoms with E-state index < -0.39 is 12.6 Å². The molecule has 0 saturated carbocycles. The Morgan fingerprint density at radius 2 is 2.10 bits per heavy atom. The molecule has 0 fully saturated rings. The number of anilines is 1. The Kier molecular flexibility index (Phi) is 3.57. The maximum absolute atomic E-state index is 12.2. The lowest BCUT2D eigenvalue weighted by Crippen LogP contribution is -2.21. The third-order valence-electron chi connectivity index (χ3n) is 3.49. The van der Waals surface area contributed by atoms with E-state index in [0.717, 1.165) is 17.7 Å². The molecular weight excluding hydrogens is 283 g/mol. The lowest BCUT2D eigenvalue weighted by Gasteiger charge is -2.23. The molecule has 2 heterocycles. The van der Waals surface area contributed by atoms with E-state index in [-0.39, 0.29) is 18.2 Å². The number of aromatic nitrogens is 2. The van der Waals surface area contributed by atoms with Crippen molar-refractivity contribution >= 4 is 5.69 Å². The molecule has 21 heavy (non-hydrogen) atoms. The molecule has 0 amide bonds. The highest BCUT2D eigenvalue weighted by Crippen LogP contribution is 2.29. The smallest absolute Gasteiger partial charge is 0.384 e. The van der Waals surface area contributed by atoms with Crippen LogP contribution in [0.4, 0.5) is 18.9 Å². The molecule has 1 atom stereocenters. The summed E-state index contributed by atoms with van der Waals surface area (Å²) in [5.74, 6) is 0.502. The third-order valence-corrected chi connectivity index (χ3v) is 3.49. The predicted octanol–water partition coefficient (Wildman–Crippen LogP) is 3.32. The van der Waals surface area contributed by atoms with Crippen molar-refractivity contribution < 1.29 is 17.7 Å². The number of aryl methyl sites for hydroxylation is 1. The molecule has 0 bridgehead atoms. The van der Waals surface area contributed by atoms with Crippen molar-refractivity contribution in [1.82, 2.24) is 10.1 Å². The molecule has 1 aliphatic heterocycles. The van der Waals surface area contributed by atoms with E-state index in [1.807, 2.05) is 24.3 Å².